The quantitative estimate of drug-likeness (QED) is 0.458. The second-order valence-corrected chi connectivity index (χ2v) is 6.64. The van der Waals surface area contributed by atoms with Gasteiger partial charge in [0.2, 0.25) is 0 Å². The number of nitrogens with zero attached hydrogens (tertiary/aromatic N) is 4. The Kier molecular flexibility index (Phi) is 4.77. The zero-order valence-corrected chi connectivity index (χ0v) is 15.9. The van der Waals surface area contributed by atoms with Crippen molar-refractivity contribution in [2.24, 2.45) is 0 Å². The van der Waals surface area contributed by atoms with Gasteiger partial charge >= 0.3 is 0 Å². The van der Waals surface area contributed by atoms with Gasteiger partial charge < -0.3 is 9.13 Å². The Morgan fingerprint density at radius 2 is 2.00 bits per heavy atom. The number of aryl methyl sites for hydroxylation is 1. The third-order valence-corrected chi connectivity index (χ3v) is 4.90. The van der Waals surface area contributed by atoms with Crippen molar-refractivity contribution in [2.75, 3.05) is 0 Å². The SMILES string of the molecule is CCC(=O)c1ccc2c(c1)nc(Cn1ccnc1-c1cccc(F)c1)n2CC. The summed E-state index contributed by atoms with van der Waals surface area (Å²) in [4.78, 5) is 21.2. The highest BCUT2D eigenvalue weighted by molar-refractivity contribution is 5.98. The number of imidazole rings is 2. The number of rotatable bonds is 6. The Bertz CT molecular complexity index is 1160. The fraction of sp³-hybridized carbons (Fsp3) is 0.227. The van der Waals surface area contributed by atoms with Gasteiger partial charge in [0.05, 0.1) is 17.6 Å². The summed E-state index contributed by atoms with van der Waals surface area (Å²) in [6.07, 6.45) is 4.04. The lowest BCUT2D eigenvalue weighted by atomic mass is 10.1. The summed E-state index contributed by atoms with van der Waals surface area (Å²) >= 11 is 0. The maximum Gasteiger partial charge on any atom is 0.162 e. The van der Waals surface area contributed by atoms with Crippen LogP contribution >= 0.6 is 0 Å². The lowest BCUT2D eigenvalue weighted by molar-refractivity contribution is 0.0988. The molecule has 0 fully saturated rings. The van der Waals surface area contributed by atoms with Crippen LogP contribution < -0.4 is 0 Å². The highest BCUT2D eigenvalue weighted by Gasteiger charge is 2.15. The number of Topliss-reactive ketones (excluding diaryl/α,β-unsaturated/α-hetero) is 1. The van der Waals surface area contributed by atoms with Crippen LogP contribution in [-0.4, -0.2) is 24.9 Å². The van der Waals surface area contributed by atoms with E-state index >= 15 is 0 Å². The first-order valence-electron chi connectivity index (χ1n) is 9.40. The molecule has 6 heteroatoms. The molecule has 0 N–H and O–H groups in total. The molecule has 0 atom stereocenters. The minimum absolute atomic E-state index is 0.109. The molecule has 0 saturated heterocycles. The Hall–Kier alpha value is -3.28. The summed E-state index contributed by atoms with van der Waals surface area (Å²) in [7, 11) is 0. The maximum atomic E-state index is 13.6. The molecule has 0 unspecified atom stereocenters. The van der Waals surface area contributed by atoms with Crippen molar-refractivity contribution >= 4 is 16.8 Å². The standard InChI is InChI=1S/C22H21FN4O/c1-3-20(28)15-8-9-19-18(13-15)25-21(27(19)4-2)14-26-11-10-24-22(26)16-6-5-7-17(23)12-16/h5-13H,3-4,14H2,1-2H3. The van der Waals surface area contributed by atoms with Crippen molar-refractivity contribution in [3.63, 3.8) is 0 Å². The normalized spacial score (nSPS) is 11.2. The van der Waals surface area contributed by atoms with E-state index in [1.807, 2.05) is 42.0 Å². The van der Waals surface area contributed by atoms with Gasteiger partial charge in [0, 0.05) is 36.5 Å². The van der Waals surface area contributed by atoms with E-state index in [-0.39, 0.29) is 11.6 Å². The van der Waals surface area contributed by atoms with Gasteiger partial charge in [-0.2, -0.15) is 0 Å². The van der Waals surface area contributed by atoms with Crippen LogP contribution in [0.1, 0.15) is 36.5 Å². The number of carbonyl (C=O) groups excluding carboxylic acids is 1. The number of benzene rings is 2. The van der Waals surface area contributed by atoms with Gasteiger partial charge in [0.1, 0.15) is 17.5 Å². The van der Waals surface area contributed by atoms with Crippen molar-refractivity contribution in [2.45, 2.75) is 33.4 Å². The van der Waals surface area contributed by atoms with Crippen LogP contribution in [0.25, 0.3) is 22.4 Å². The van der Waals surface area contributed by atoms with Crippen molar-refractivity contribution in [1.82, 2.24) is 19.1 Å². The predicted molar refractivity (Wildman–Crippen MR) is 107 cm³/mol. The average molecular weight is 376 g/mol. The molecule has 0 aliphatic heterocycles. The third-order valence-electron chi connectivity index (χ3n) is 4.90. The summed E-state index contributed by atoms with van der Waals surface area (Å²) < 4.78 is 17.7. The van der Waals surface area contributed by atoms with Crippen molar-refractivity contribution in [3.05, 3.63) is 72.1 Å². The Labute approximate surface area is 162 Å². The molecule has 0 spiro atoms. The predicted octanol–water partition coefficient (Wildman–Crippen LogP) is 4.70. The zero-order chi connectivity index (χ0) is 19.7. The lowest BCUT2D eigenvalue weighted by Gasteiger charge is -2.10. The molecule has 2 aromatic carbocycles. The van der Waals surface area contributed by atoms with Crippen LogP contribution in [0.15, 0.2) is 54.9 Å². The molecule has 142 valence electrons. The molecule has 0 aliphatic rings. The number of halogens is 1. The minimum Gasteiger partial charge on any atom is -0.327 e. The molecule has 4 rings (SSSR count). The summed E-state index contributed by atoms with van der Waals surface area (Å²) in [5, 5.41) is 0. The van der Waals surface area contributed by atoms with Crippen molar-refractivity contribution in [1.29, 1.82) is 0 Å². The van der Waals surface area contributed by atoms with E-state index in [0.717, 1.165) is 29.0 Å². The molecule has 2 heterocycles. The zero-order valence-electron chi connectivity index (χ0n) is 15.9. The monoisotopic (exact) mass is 376 g/mol. The summed E-state index contributed by atoms with van der Waals surface area (Å²) in [6, 6.07) is 12.1. The van der Waals surface area contributed by atoms with E-state index in [1.165, 1.54) is 12.1 Å². The number of aromatic nitrogens is 4. The molecule has 0 bridgehead atoms. The number of hydrogen-bond donors (Lipinski definition) is 0. The number of carbonyl (C=O) groups is 1. The van der Waals surface area contributed by atoms with E-state index < -0.39 is 0 Å². The van der Waals surface area contributed by atoms with E-state index in [9.17, 15) is 9.18 Å². The molecular formula is C22H21FN4O. The van der Waals surface area contributed by atoms with Gasteiger partial charge in [-0.15, -0.1) is 0 Å². The molecule has 5 nitrogen and oxygen atoms in total. The summed E-state index contributed by atoms with van der Waals surface area (Å²) in [5.41, 5.74) is 3.21. The van der Waals surface area contributed by atoms with Crippen LogP contribution in [0.2, 0.25) is 0 Å². The molecule has 2 aromatic heterocycles. The third kappa shape index (κ3) is 3.22. The summed E-state index contributed by atoms with van der Waals surface area (Å²) in [5.74, 6) is 1.38. The van der Waals surface area contributed by atoms with Gasteiger partial charge in [0.15, 0.2) is 5.78 Å². The first kappa shape index (κ1) is 18.1. The van der Waals surface area contributed by atoms with Gasteiger partial charge in [-0.1, -0.05) is 19.1 Å². The molecule has 0 radical (unpaired) electrons. The molecule has 0 aliphatic carbocycles. The van der Waals surface area contributed by atoms with Gasteiger partial charge in [-0.3, -0.25) is 4.79 Å². The summed E-state index contributed by atoms with van der Waals surface area (Å²) in [6.45, 7) is 5.19. The first-order valence-corrected chi connectivity index (χ1v) is 9.40. The van der Waals surface area contributed by atoms with Gasteiger partial charge in [0.25, 0.3) is 0 Å². The largest absolute Gasteiger partial charge is 0.327 e. The van der Waals surface area contributed by atoms with Gasteiger partial charge in [-0.05, 0) is 37.3 Å². The van der Waals surface area contributed by atoms with Crippen LogP contribution in [-0.2, 0) is 13.1 Å². The maximum absolute atomic E-state index is 13.6. The van der Waals surface area contributed by atoms with E-state index in [2.05, 4.69) is 16.5 Å². The van der Waals surface area contributed by atoms with Crippen LogP contribution in [0.3, 0.4) is 0 Å². The highest BCUT2D eigenvalue weighted by Crippen LogP contribution is 2.23. The second-order valence-electron chi connectivity index (χ2n) is 6.64. The second kappa shape index (κ2) is 7.38. The number of hydrogen-bond acceptors (Lipinski definition) is 3. The lowest BCUT2D eigenvalue weighted by Crippen LogP contribution is -2.08. The fourth-order valence-corrected chi connectivity index (χ4v) is 3.51. The molecule has 0 saturated carbocycles. The van der Waals surface area contributed by atoms with Crippen molar-refractivity contribution < 1.29 is 9.18 Å². The molecule has 28 heavy (non-hydrogen) atoms. The van der Waals surface area contributed by atoms with E-state index in [4.69, 9.17) is 4.98 Å². The molecule has 0 amide bonds. The fourth-order valence-electron chi connectivity index (χ4n) is 3.51. The van der Waals surface area contributed by atoms with Gasteiger partial charge in [-0.25, -0.2) is 14.4 Å². The Balaban J connectivity index is 1.75. The Morgan fingerprint density at radius 1 is 1.14 bits per heavy atom. The van der Waals surface area contributed by atoms with E-state index in [1.54, 1.807) is 12.3 Å². The van der Waals surface area contributed by atoms with Crippen LogP contribution in [0.5, 0.6) is 0 Å². The number of fused-ring (bicyclic) bond motifs is 1. The number of ketones is 1. The molecular weight excluding hydrogens is 355 g/mol. The molecule has 4 aromatic rings. The van der Waals surface area contributed by atoms with Crippen molar-refractivity contribution in [3.8, 4) is 11.4 Å². The van der Waals surface area contributed by atoms with E-state index in [0.29, 0.717) is 24.4 Å². The topological polar surface area (TPSA) is 52.7 Å². The van der Waals surface area contributed by atoms with Crippen LogP contribution in [0.4, 0.5) is 4.39 Å². The van der Waals surface area contributed by atoms with Crippen LogP contribution in [0, 0.1) is 5.82 Å². The highest BCUT2D eigenvalue weighted by atomic mass is 19.1. The minimum atomic E-state index is -0.291. The Morgan fingerprint density at radius 3 is 2.75 bits per heavy atom. The first-order chi connectivity index (χ1) is 13.6. The smallest absolute Gasteiger partial charge is 0.162 e. The average Bonchev–Trinajstić information content (AvgIpc) is 3.30.